The SMILES string of the molecule is O=C1CC(NC(=O)Nc2c(F)cc(Cl)cc2F)CN1. The van der Waals surface area contributed by atoms with Crippen molar-refractivity contribution in [2.75, 3.05) is 11.9 Å². The molecule has 3 N–H and O–H groups in total. The van der Waals surface area contributed by atoms with Crippen LogP contribution in [0.25, 0.3) is 0 Å². The second-order valence-electron chi connectivity index (χ2n) is 4.05. The molecular formula is C11H10ClF2N3O2. The van der Waals surface area contributed by atoms with Gasteiger partial charge in [0.25, 0.3) is 0 Å². The molecule has 1 aliphatic heterocycles. The zero-order valence-corrected chi connectivity index (χ0v) is 10.4. The summed E-state index contributed by atoms with van der Waals surface area (Å²) < 4.78 is 26.8. The molecule has 1 aliphatic rings. The molecule has 2 rings (SSSR count). The summed E-state index contributed by atoms with van der Waals surface area (Å²) in [5.41, 5.74) is -0.584. The number of hydrogen-bond acceptors (Lipinski definition) is 2. The standard InChI is InChI=1S/C11H10ClF2N3O2/c12-5-1-7(13)10(8(14)2-5)17-11(19)16-6-3-9(18)15-4-6/h1-2,6H,3-4H2,(H,15,18)(H2,16,17,19). The number of nitrogens with one attached hydrogen (secondary N) is 3. The van der Waals surface area contributed by atoms with Crippen LogP contribution in [0.2, 0.25) is 5.02 Å². The first-order chi connectivity index (χ1) is 8.95. The van der Waals surface area contributed by atoms with E-state index in [9.17, 15) is 18.4 Å². The maximum absolute atomic E-state index is 13.4. The molecule has 5 nitrogen and oxygen atoms in total. The van der Waals surface area contributed by atoms with E-state index >= 15 is 0 Å². The van der Waals surface area contributed by atoms with Crippen molar-refractivity contribution < 1.29 is 18.4 Å². The first kappa shape index (κ1) is 13.5. The smallest absolute Gasteiger partial charge is 0.319 e. The predicted octanol–water partition coefficient (Wildman–Crippen LogP) is 1.63. The van der Waals surface area contributed by atoms with E-state index in [0.29, 0.717) is 0 Å². The van der Waals surface area contributed by atoms with Gasteiger partial charge >= 0.3 is 6.03 Å². The van der Waals surface area contributed by atoms with Crippen molar-refractivity contribution in [3.8, 4) is 0 Å². The number of carbonyl (C=O) groups is 2. The van der Waals surface area contributed by atoms with E-state index in [1.807, 2.05) is 5.32 Å². The molecule has 0 spiro atoms. The third kappa shape index (κ3) is 3.31. The number of urea groups is 1. The largest absolute Gasteiger partial charge is 0.354 e. The molecule has 1 heterocycles. The van der Waals surface area contributed by atoms with E-state index in [-0.39, 0.29) is 23.9 Å². The van der Waals surface area contributed by atoms with Crippen LogP contribution in [-0.4, -0.2) is 24.5 Å². The quantitative estimate of drug-likeness (QED) is 0.774. The molecule has 19 heavy (non-hydrogen) atoms. The summed E-state index contributed by atoms with van der Waals surface area (Å²) in [6.07, 6.45) is 0.138. The van der Waals surface area contributed by atoms with E-state index in [1.165, 1.54) is 0 Å². The Morgan fingerprint density at radius 3 is 2.53 bits per heavy atom. The van der Waals surface area contributed by atoms with Crippen molar-refractivity contribution in [1.29, 1.82) is 0 Å². The summed E-state index contributed by atoms with van der Waals surface area (Å²) in [4.78, 5) is 22.5. The molecule has 1 saturated heterocycles. The van der Waals surface area contributed by atoms with Gasteiger partial charge < -0.3 is 16.0 Å². The molecule has 102 valence electrons. The molecule has 1 fully saturated rings. The van der Waals surface area contributed by atoms with Crippen molar-refractivity contribution >= 4 is 29.2 Å². The van der Waals surface area contributed by atoms with E-state index in [2.05, 4.69) is 10.6 Å². The second-order valence-corrected chi connectivity index (χ2v) is 4.48. The summed E-state index contributed by atoms with van der Waals surface area (Å²) >= 11 is 5.46. The number of benzene rings is 1. The number of amides is 3. The monoisotopic (exact) mass is 289 g/mol. The molecule has 1 aromatic carbocycles. The highest BCUT2D eigenvalue weighted by molar-refractivity contribution is 6.30. The normalized spacial score (nSPS) is 18.1. The number of halogens is 3. The third-order valence-electron chi connectivity index (χ3n) is 2.56. The minimum atomic E-state index is -0.972. The van der Waals surface area contributed by atoms with Gasteiger partial charge in [-0.3, -0.25) is 4.79 Å². The minimum absolute atomic E-state index is 0.105. The van der Waals surface area contributed by atoms with Crippen molar-refractivity contribution in [1.82, 2.24) is 10.6 Å². The van der Waals surface area contributed by atoms with E-state index in [1.54, 1.807) is 0 Å². The molecule has 0 bridgehead atoms. The van der Waals surface area contributed by atoms with Crippen molar-refractivity contribution in [3.05, 3.63) is 28.8 Å². The van der Waals surface area contributed by atoms with Crippen molar-refractivity contribution in [3.63, 3.8) is 0 Å². The van der Waals surface area contributed by atoms with Crippen LogP contribution < -0.4 is 16.0 Å². The molecule has 3 amide bonds. The highest BCUT2D eigenvalue weighted by atomic mass is 35.5. The van der Waals surface area contributed by atoms with Gasteiger partial charge in [0.15, 0.2) is 11.6 Å². The van der Waals surface area contributed by atoms with Gasteiger partial charge in [-0.15, -0.1) is 0 Å². The topological polar surface area (TPSA) is 70.2 Å². The Labute approximate surface area is 112 Å². The highest BCUT2D eigenvalue weighted by Crippen LogP contribution is 2.23. The number of rotatable bonds is 2. The molecule has 0 radical (unpaired) electrons. The van der Waals surface area contributed by atoms with Crippen LogP contribution in [-0.2, 0) is 4.79 Å². The van der Waals surface area contributed by atoms with Gasteiger partial charge in [0.1, 0.15) is 5.69 Å². The maximum atomic E-state index is 13.4. The molecule has 8 heteroatoms. The van der Waals surface area contributed by atoms with Gasteiger partial charge in [-0.05, 0) is 12.1 Å². The van der Waals surface area contributed by atoms with Crippen LogP contribution in [0.5, 0.6) is 0 Å². The predicted molar refractivity (Wildman–Crippen MR) is 64.9 cm³/mol. The fraction of sp³-hybridized carbons (Fsp3) is 0.273. The Hall–Kier alpha value is -1.89. The Morgan fingerprint density at radius 2 is 2.00 bits per heavy atom. The van der Waals surface area contributed by atoms with Crippen LogP contribution in [0, 0.1) is 11.6 Å². The number of hydrogen-bond donors (Lipinski definition) is 3. The minimum Gasteiger partial charge on any atom is -0.354 e. The Bertz CT molecular complexity index is 516. The van der Waals surface area contributed by atoms with Gasteiger partial charge in [-0.2, -0.15) is 0 Å². The first-order valence-corrected chi connectivity index (χ1v) is 5.82. The van der Waals surface area contributed by atoms with Crippen LogP contribution in [0.4, 0.5) is 19.3 Å². The zero-order chi connectivity index (χ0) is 14.0. The molecule has 0 aliphatic carbocycles. The Morgan fingerprint density at radius 1 is 1.37 bits per heavy atom. The van der Waals surface area contributed by atoms with Crippen LogP contribution in [0.3, 0.4) is 0 Å². The average molecular weight is 290 g/mol. The van der Waals surface area contributed by atoms with Gasteiger partial charge in [0, 0.05) is 18.0 Å². The zero-order valence-electron chi connectivity index (χ0n) is 9.60. The summed E-state index contributed by atoms with van der Waals surface area (Å²) in [5.74, 6) is -2.13. The van der Waals surface area contributed by atoms with Crippen molar-refractivity contribution in [2.24, 2.45) is 0 Å². The Kier molecular flexibility index (Phi) is 3.84. The van der Waals surface area contributed by atoms with Gasteiger partial charge in [-0.1, -0.05) is 11.6 Å². The first-order valence-electron chi connectivity index (χ1n) is 5.44. The highest BCUT2D eigenvalue weighted by Gasteiger charge is 2.23. The second kappa shape index (κ2) is 5.40. The maximum Gasteiger partial charge on any atom is 0.319 e. The summed E-state index contributed by atoms with van der Waals surface area (Å²) in [6, 6.07) is 0.592. The van der Waals surface area contributed by atoms with Gasteiger partial charge in [0.2, 0.25) is 5.91 Å². The van der Waals surface area contributed by atoms with Crippen molar-refractivity contribution in [2.45, 2.75) is 12.5 Å². The molecule has 0 aromatic heterocycles. The van der Waals surface area contributed by atoms with Crippen LogP contribution in [0.15, 0.2) is 12.1 Å². The fourth-order valence-electron chi connectivity index (χ4n) is 1.70. The summed E-state index contributed by atoms with van der Waals surface area (Å²) in [6.45, 7) is 0.290. The summed E-state index contributed by atoms with van der Waals surface area (Å²) in [5, 5.41) is 6.89. The van der Waals surface area contributed by atoms with E-state index < -0.39 is 29.4 Å². The Balaban J connectivity index is 2.01. The third-order valence-corrected chi connectivity index (χ3v) is 2.78. The lowest BCUT2D eigenvalue weighted by Gasteiger charge is -2.12. The van der Waals surface area contributed by atoms with Gasteiger partial charge in [0.05, 0.1) is 6.04 Å². The molecule has 1 aromatic rings. The average Bonchev–Trinajstić information content (AvgIpc) is 2.69. The van der Waals surface area contributed by atoms with Gasteiger partial charge in [-0.25, -0.2) is 13.6 Å². The van der Waals surface area contributed by atoms with Crippen LogP contribution in [0.1, 0.15) is 6.42 Å². The lowest BCUT2D eigenvalue weighted by Crippen LogP contribution is -2.39. The number of carbonyl (C=O) groups excluding carboxylic acids is 2. The molecular weight excluding hydrogens is 280 g/mol. The lowest BCUT2D eigenvalue weighted by molar-refractivity contribution is -0.119. The summed E-state index contributed by atoms with van der Waals surface area (Å²) in [7, 11) is 0. The van der Waals surface area contributed by atoms with Crippen LogP contribution >= 0.6 is 11.6 Å². The lowest BCUT2D eigenvalue weighted by atomic mass is 10.2. The molecule has 0 saturated carbocycles. The van der Waals surface area contributed by atoms with E-state index in [4.69, 9.17) is 11.6 Å². The van der Waals surface area contributed by atoms with E-state index in [0.717, 1.165) is 12.1 Å². The molecule has 1 unspecified atom stereocenters. The number of anilines is 1. The fourth-order valence-corrected chi connectivity index (χ4v) is 1.90. The molecule has 1 atom stereocenters.